The van der Waals surface area contributed by atoms with Crippen LogP contribution in [0.5, 0.6) is 0 Å². The van der Waals surface area contributed by atoms with E-state index in [1.807, 2.05) is 33.8 Å². The summed E-state index contributed by atoms with van der Waals surface area (Å²) in [5.41, 5.74) is 9.61. The zero-order chi connectivity index (χ0) is 13.9. The second-order valence-electron chi connectivity index (χ2n) is 4.51. The predicted molar refractivity (Wildman–Crippen MR) is 72.5 cm³/mol. The number of imide groups is 1. The molecule has 18 heavy (non-hydrogen) atoms. The molecule has 2 amide bonds. The first-order valence-corrected chi connectivity index (χ1v) is 6.06. The summed E-state index contributed by atoms with van der Waals surface area (Å²) in [6.07, 6.45) is 1.33. The van der Waals surface area contributed by atoms with Gasteiger partial charge in [-0.25, -0.2) is 0 Å². The Morgan fingerprint density at radius 3 is 2.44 bits per heavy atom. The van der Waals surface area contributed by atoms with E-state index in [0.717, 1.165) is 23.1 Å². The maximum atomic E-state index is 12.4. The maximum absolute atomic E-state index is 12.4. The van der Waals surface area contributed by atoms with E-state index in [1.54, 1.807) is 0 Å². The van der Waals surface area contributed by atoms with Crippen molar-refractivity contribution in [2.45, 2.75) is 34.1 Å². The smallest absolute Gasteiger partial charge is 0.260 e. The lowest BCUT2D eigenvalue weighted by molar-refractivity contribution is -0.116. The van der Waals surface area contributed by atoms with Crippen molar-refractivity contribution in [2.75, 3.05) is 12.3 Å². The number of amides is 2. The van der Waals surface area contributed by atoms with Crippen molar-refractivity contribution in [3.63, 3.8) is 0 Å². The highest BCUT2D eigenvalue weighted by molar-refractivity contribution is 6.03. The summed E-state index contributed by atoms with van der Waals surface area (Å²) >= 11 is 0. The van der Waals surface area contributed by atoms with Gasteiger partial charge in [-0.2, -0.15) is 0 Å². The minimum atomic E-state index is -0.266. The Balaban J connectivity index is 3.32. The molecule has 1 aromatic rings. The fourth-order valence-electron chi connectivity index (χ4n) is 1.98. The Morgan fingerprint density at radius 1 is 1.33 bits per heavy atom. The zero-order valence-corrected chi connectivity index (χ0v) is 11.4. The molecule has 1 rings (SSSR count). The van der Waals surface area contributed by atoms with Crippen LogP contribution in [0.25, 0.3) is 0 Å². The van der Waals surface area contributed by atoms with Crippen LogP contribution >= 0.6 is 0 Å². The number of hydrogen-bond donors (Lipinski definition) is 1. The van der Waals surface area contributed by atoms with Gasteiger partial charge in [0.2, 0.25) is 6.41 Å². The molecule has 1 aromatic carbocycles. The van der Waals surface area contributed by atoms with Crippen LogP contribution in [0.1, 0.15) is 40.4 Å². The molecule has 0 aliphatic rings. The molecule has 0 saturated carbocycles. The van der Waals surface area contributed by atoms with E-state index in [9.17, 15) is 9.59 Å². The molecule has 0 aromatic heterocycles. The Morgan fingerprint density at radius 2 is 1.94 bits per heavy atom. The highest BCUT2D eigenvalue weighted by atomic mass is 16.2. The summed E-state index contributed by atoms with van der Waals surface area (Å²) in [4.78, 5) is 24.5. The quantitative estimate of drug-likeness (QED) is 0.656. The number of carbonyl (C=O) groups excluding carboxylic acids is 2. The van der Waals surface area contributed by atoms with Crippen LogP contribution in [-0.4, -0.2) is 23.8 Å². The highest BCUT2D eigenvalue weighted by Crippen LogP contribution is 2.24. The Hall–Kier alpha value is -1.84. The van der Waals surface area contributed by atoms with Gasteiger partial charge >= 0.3 is 0 Å². The number of aryl methyl sites for hydroxylation is 1. The van der Waals surface area contributed by atoms with E-state index in [0.29, 0.717) is 24.2 Å². The molecule has 0 saturated heterocycles. The third kappa shape index (κ3) is 2.53. The molecular formula is C14H20N2O2. The zero-order valence-electron chi connectivity index (χ0n) is 11.4. The van der Waals surface area contributed by atoms with Gasteiger partial charge in [0.1, 0.15) is 0 Å². The van der Waals surface area contributed by atoms with E-state index in [1.165, 1.54) is 4.90 Å². The lowest BCUT2D eigenvalue weighted by Crippen LogP contribution is -2.31. The van der Waals surface area contributed by atoms with Gasteiger partial charge in [-0.3, -0.25) is 14.5 Å². The lowest BCUT2D eigenvalue weighted by atomic mass is 9.95. The minimum Gasteiger partial charge on any atom is -0.398 e. The molecule has 0 unspecified atom stereocenters. The van der Waals surface area contributed by atoms with Gasteiger partial charge in [-0.05, 0) is 49.9 Å². The van der Waals surface area contributed by atoms with Crippen molar-refractivity contribution in [1.82, 2.24) is 4.90 Å². The van der Waals surface area contributed by atoms with Crippen LogP contribution in [0.3, 0.4) is 0 Å². The number of nitrogens with two attached hydrogens (primary N) is 1. The summed E-state index contributed by atoms with van der Waals surface area (Å²) in [6.45, 7) is 7.95. The first-order chi connectivity index (χ1) is 8.43. The molecule has 0 bridgehead atoms. The monoisotopic (exact) mass is 248 g/mol. The largest absolute Gasteiger partial charge is 0.398 e. The molecule has 0 aliphatic carbocycles. The molecule has 0 aliphatic heterocycles. The average molecular weight is 248 g/mol. The third-order valence-corrected chi connectivity index (χ3v) is 3.21. The molecule has 2 N–H and O–H groups in total. The summed E-state index contributed by atoms with van der Waals surface area (Å²) in [7, 11) is 0. The van der Waals surface area contributed by atoms with Gasteiger partial charge in [-0.15, -0.1) is 0 Å². The molecule has 0 heterocycles. The number of benzene rings is 1. The van der Waals surface area contributed by atoms with Crippen molar-refractivity contribution >= 4 is 18.0 Å². The van der Waals surface area contributed by atoms with Crippen LogP contribution in [0, 0.1) is 20.8 Å². The minimum absolute atomic E-state index is 0.266. The number of anilines is 1. The molecule has 0 spiro atoms. The van der Waals surface area contributed by atoms with Gasteiger partial charge in [0, 0.05) is 17.8 Å². The second-order valence-corrected chi connectivity index (χ2v) is 4.51. The molecule has 0 fully saturated rings. The van der Waals surface area contributed by atoms with Gasteiger partial charge in [0.15, 0.2) is 0 Å². The van der Waals surface area contributed by atoms with E-state index in [2.05, 4.69) is 0 Å². The molecule has 0 atom stereocenters. The standard InChI is InChI=1S/C14H20N2O2/c1-5-6-16(8-17)14(18)13-10(3)9(2)7-12(15)11(13)4/h7-8H,5-6,15H2,1-4H3. The third-order valence-electron chi connectivity index (χ3n) is 3.21. The molecule has 0 radical (unpaired) electrons. The summed E-state index contributed by atoms with van der Waals surface area (Å²) in [5, 5.41) is 0. The van der Waals surface area contributed by atoms with Crippen LogP contribution < -0.4 is 5.73 Å². The molecular weight excluding hydrogens is 228 g/mol. The maximum Gasteiger partial charge on any atom is 0.260 e. The Labute approximate surface area is 108 Å². The molecule has 4 heteroatoms. The van der Waals surface area contributed by atoms with Gasteiger partial charge in [0.05, 0.1) is 0 Å². The van der Waals surface area contributed by atoms with Crippen molar-refractivity contribution < 1.29 is 9.59 Å². The Bertz CT molecular complexity index is 455. The Kier molecular flexibility index (Phi) is 4.48. The number of nitrogens with zero attached hydrogens (tertiary/aromatic N) is 1. The lowest BCUT2D eigenvalue weighted by Gasteiger charge is -2.19. The molecule has 98 valence electrons. The predicted octanol–water partition coefficient (Wildman–Crippen LogP) is 2.20. The van der Waals surface area contributed by atoms with Crippen LogP contribution in [0.15, 0.2) is 6.07 Å². The van der Waals surface area contributed by atoms with Gasteiger partial charge < -0.3 is 5.73 Å². The van der Waals surface area contributed by atoms with E-state index < -0.39 is 0 Å². The summed E-state index contributed by atoms with van der Waals surface area (Å²) in [5.74, 6) is -0.266. The fourth-order valence-corrected chi connectivity index (χ4v) is 1.98. The fraction of sp³-hybridized carbons (Fsp3) is 0.429. The van der Waals surface area contributed by atoms with Crippen LogP contribution in [0.2, 0.25) is 0 Å². The van der Waals surface area contributed by atoms with Crippen molar-refractivity contribution in [1.29, 1.82) is 0 Å². The van der Waals surface area contributed by atoms with Crippen LogP contribution in [-0.2, 0) is 4.79 Å². The van der Waals surface area contributed by atoms with Crippen molar-refractivity contribution in [3.05, 3.63) is 28.3 Å². The highest BCUT2D eigenvalue weighted by Gasteiger charge is 2.20. The normalized spacial score (nSPS) is 10.2. The van der Waals surface area contributed by atoms with Crippen LogP contribution in [0.4, 0.5) is 5.69 Å². The first-order valence-electron chi connectivity index (χ1n) is 6.06. The van der Waals surface area contributed by atoms with Crippen molar-refractivity contribution in [3.8, 4) is 0 Å². The first kappa shape index (κ1) is 14.2. The SMILES string of the molecule is CCCN(C=O)C(=O)c1c(C)c(C)cc(N)c1C. The van der Waals surface area contributed by atoms with E-state index in [4.69, 9.17) is 5.73 Å². The number of rotatable bonds is 4. The van der Waals surface area contributed by atoms with Gasteiger partial charge in [-0.1, -0.05) is 6.92 Å². The van der Waals surface area contributed by atoms with Crippen molar-refractivity contribution in [2.24, 2.45) is 0 Å². The second kappa shape index (κ2) is 5.67. The molecule has 4 nitrogen and oxygen atoms in total. The summed E-state index contributed by atoms with van der Waals surface area (Å²) in [6, 6.07) is 1.85. The average Bonchev–Trinajstić information content (AvgIpc) is 2.33. The number of carbonyl (C=O) groups is 2. The summed E-state index contributed by atoms with van der Waals surface area (Å²) < 4.78 is 0. The number of nitrogen functional groups attached to an aromatic ring is 1. The van der Waals surface area contributed by atoms with E-state index in [-0.39, 0.29) is 5.91 Å². The van der Waals surface area contributed by atoms with Gasteiger partial charge in [0.25, 0.3) is 5.91 Å². The van der Waals surface area contributed by atoms with E-state index >= 15 is 0 Å². The topological polar surface area (TPSA) is 63.4 Å². The number of hydrogen-bond acceptors (Lipinski definition) is 3.